The number of H-pyrrole nitrogens is 1. The van der Waals surface area contributed by atoms with Gasteiger partial charge < -0.3 is 24.7 Å². The van der Waals surface area contributed by atoms with Gasteiger partial charge in [0, 0.05) is 35.3 Å². The molecule has 1 aliphatic rings. The first-order chi connectivity index (χ1) is 15.4. The zero-order valence-electron chi connectivity index (χ0n) is 18.7. The minimum absolute atomic E-state index is 0.0273. The largest absolute Gasteiger partial charge is 0.497 e. The molecule has 7 nitrogen and oxygen atoms in total. The van der Waals surface area contributed by atoms with Gasteiger partial charge in [-0.15, -0.1) is 0 Å². The Balaban J connectivity index is 1.60. The van der Waals surface area contributed by atoms with Crippen LogP contribution in [0.25, 0.3) is 10.9 Å². The van der Waals surface area contributed by atoms with Crippen LogP contribution in [0.4, 0.5) is 10.5 Å². The van der Waals surface area contributed by atoms with Crippen LogP contribution in [0.1, 0.15) is 29.5 Å². The van der Waals surface area contributed by atoms with Crippen LogP contribution in [-0.4, -0.2) is 42.3 Å². The molecule has 0 spiro atoms. The lowest BCUT2D eigenvalue weighted by Crippen LogP contribution is -2.40. The van der Waals surface area contributed by atoms with E-state index < -0.39 is 0 Å². The second-order valence-electron chi connectivity index (χ2n) is 8.34. The molecule has 2 N–H and O–H groups in total. The van der Waals surface area contributed by atoms with Gasteiger partial charge in [-0.25, -0.2) is 4.79 Å². The lowest BCUT2D eigenvalue weighted by molar-refractivity contribution is 0.0818. The number of rotatable bonds is 6. The molecule has 4 rings (SSSR count). The van der Waals surface area contributed by atoms with E-state index in [0.717, 1.165) is 34.9 Å². The molecule has 0 aliphatic carbocycles. The number of amides is 2. The molecule has 1 saturated heterocycles. The van der Waals surface area contributed by atoms with Gasteiger partial charge in [-0.1, -0.05) is 6.07 Å². The molecule has 1 fully saturated rings. The second-order valence-corrected chi connectivity index (χ2v) is 8.34. The number of methoxy groups -OCH3 is 1. The number of aromatic amines is 1. The highest BCUT2D eigenvalue weighted by molar-refractivity contribution is 5.89. The van der Waals surface area contributed by atoms with Crippen molar-refractivity contribution in [2.24, 2.45) is 0 Å². The Hall–Kier alpha value is -3.32. The summed E-state index contributed by atoms with van der Waals surface area (Å²) in [7, 11) is 1.60. The molecule has 1 aliphatic heterocycles. The van der Waals surface area contributed by atoms with Crippen molar-refractivity contribution in [3.8, 4) is 5.75 Å². The van der Waals surface area contributed by atoms with Crippen molar-refractivity contribution in [3.05, 3.63) is 69.5 Å². The zero-order chi connectivity index (χ0) is 22.7. The van der Waals surface area contributed by atoms with Crippen molar-refractivity contribution in [2.45, 2.75) is 39.3 Å². The van der Waals surface area contributed by atoms with Crippen LogP contribution in [0.3, 0.4) is 0 Å². The topological polar surface area (TPSA) is 83.7 Å². The number of hydrogen-bond acceptors (Lipinski definition) is 4. The Morgan fingerprint density at radius 3 is 2.69 bits per heavy atom. The van der Waals surface area contributed by atoms with Gasteiger partial charge in [0.1, 0.15) is 5.75 Å². The fraction of sp³-hybridized carbons (Fsp3) is 0.360. The summed E-state index contributed by atoms with van der Waals surface area (Å²) < 4.78 is 10.9. The molecule has 168 valence electrons. The average Bonchev–Trinajstić information content (AvgIpc) is 3.27. The van der Waals surface area contributed by atoms with E-state index in [2.05, 4.69) is 16.4 Å². The third-order valence-electron chi connectivity index (χ3n) is 5.83. The van der Waals surface area contributed by atoms with Gasteiger partial charge in [-0.05, 0) is 74.2 Å². The molecule has 3 aromatic rings. The molecule has 1 atom stereocenters. The number of benzene rings is 2. The highest BCUT2D eigenvalue weighted by Gasteiger charge is 2.24. The van der Waals surface area contributed by atoms with E-state index in [4.69, 9.17) is 9.47 Å². The lowest BCUT2D eigenvalue weighted by atomic mass is 10.0. The van der Waals surface area contributed by atoms with E-state index >= 15 is 0 Å². The summed E-state index contributed by atoms with van der Waals surface area (Å²) in [6, 6.07) is 12.8. The molecular weight excluding hydrogens is 406 g/mol. The molecule has 0 bridgehead atoms. The number of nitrogens with zero attached hydrogens (tertiary/aromatic N) is 1. The van der Waals surface area contributed by atoms with E-state index in [1.807, 2.05) is 26.0 Å². The number of carbonyl (C=O) groups is 1. The Morgan fingerprint density at radius 1 is 1.22 bits per heavy atom. The van der Waals surface area contributed by atoms with Gasteiger partial charge >= 0.3 is 6.03 Å². The van der Waals surface area contributed by atoms with E-state index in [1.54, 1.807) is 36.3 Å². The van der Waals surface area contributed by atoms with Crippen LogP contribution in [-0.2, 0) is 11.3 Å². The highest BCUT2D eigenvalue weighted by Crippen LogP contribution is 2.21. The molecule has 0 saturated carbocycles. The monoisotopic (exact) mass is 435 g/mol. The number of ether oxygens (including phenoxy) is 2. The van der Waals surface area contributed by atoms with Crippen molar-refractivity contribution >= 4 is 22.6 Å². The van der Waals surface area contributed by atoms with Gasteiger partial charge in [-0.3, -0.25) is 4.79 Å². The van der Waals surface area contributed by atoms with Crippen molar-refractivity contribution in [2.75, 3.05) is 25.6 Å². The molecular formula is C25H29N3O4. The van der Waals surface area contributed by atoms with E-state index in [0.29, 0.717) is 30.2 Å². The van der Waals surface area contributed by atoms with Crippen LogP contribution in [0.5, 0.6) is 5.75 Å². The molecule has 2 heterocycles. The average molecular weight is 436 g/mol. The summed E-state index contributed by atoms with van der Waals surface area (Å²) in [6.45, 7) is 5.35. The van der Waals surface area contributed by atoms with Gasteiger partial charge in [0.25, 0.3) is 5.56 Å². The maximum Gasteiger partial charge on any atom is 0.322 e. The number of aromatic nitrogens is 1. The number of urea groups is 1. The van der Waals surface area contributed by atoms with Gasteiger partial charge in [-0.2, -0.15) is 0 Å². The molecule has 2 aromatic carbocycles. The van der Waals surface area contributed by atoms with Crippen LogP contribution in [0.15, 0.2) is 47.3 Å². The summed E-state index contributed by atoms with van der Waals surface area (Å²) in [5.41, 5.74) is 4.02. The quantitative estimate of drug-likeness (QED) is 0.602. The van der Waals surface area contributed by atoms with Gasteiger partial charge in [0.05, 0.1) is 19.8 Å². The molecule has 32 heavy (non-hydrogen) atoms. The number of hydrogen-bond donors (Lipinski definition) is 2. The summed E-state index contributed by atoms with van der Waals surface area (Å²) in [4.78, 5) is 30.6. The number of carbonyl (C=O) groups excluding carboxylic acids is 1. The zero-order valence-corrected chi connectivity index (χ0v) is 18.7. The smallest absolute Gasteiger partial charge is 0.322 e. The van der Waals surface area contributed by atoms with Crippen LogP contribution in [0.2, 0.25) is 0 Å². The van der Waals surface area contributed by atoms with Crippen molar-refractivity contribution in [3.63, 3.8) is 0 Å². The van der Waals surface area contributed by atoms with E-state index in [9.17, 15) is 9.59 Å². The second kappa shape index (κ2) is 9.44. The third-order valence-corrected chi connectivity index (χ3v) is 5.83. The van der Waals surface area contributed by atoms with Crippen molar-refractivity contribution < 1.29 is 14.3 Å². The van der Waals surface area contributed by atoms with Gasteiger partial charge in [0.15, 0.2) is 0 Å². The first-order valence-corrected chi connectivity index (χ1v) is 10.9. The Morgan fingerprint density at radius 2 is 2.00 bits per heavy atom. The fourth-order valence-corrected chi connectivity index (χ4v) is 4.17. The van der Waals surface area contributed by atoms with Crippen LogP contribution >= 0.6 is 0 Å². The summed E-state index contributed by atoms with van der Waals surface area (Å²) >= 11 is 0. The van der Waals surface area contributed by atoms with Gasteiger partial charge in [0.2, 0.25) is 0 Å². The predicted octanol–water partition coefficient (Wildman–Crippen LogP) is 4.37. The number of fused-ring (bicyclic) bond motifs is 1. The predicted molar refractivity (Wildman–Crippen MR) is 125 cm³/mol. The molecule has 7 heteroatoms. The molecule has 0 unspecified atom stereocenters. The van der Waals surface area contributed by atoms with Crippen LogP contribution in [0, 0.1) is 13.8 Å². The third kappa shape index (κ3) is 4.94. The lowest BCUT2D eigenvalue weighted by Gasteiger charge is -2.26. The van der Waals surface area contributed by atoms with Crippen molar-refractivity contribution in [1.82, 2.24) is 9.88 Å². The Bertz CT molecular complexity index is 1160. The number of pyridine rings is 1. The summed E-state index contributed by atoms with van der Waals surface area (Å²) in [6.07, 6.45) is 1.85. The first kappa shape index (κ1) is 21.9. The number of anilines is 1. The molecule has 0 radical (unpaired) electrons. The number of nitrogens with one attached hydrogen (secondary N) is 2. The first-order valence-electron chi connectivity index (χ1n) is 10.9. The SMILES string of the molecule is COc1ccc(NC(=O)N(Cc2cc3c(C)cc(C)cc3[nH]c2=O)C[C@@H]2CCCO2)cc1. The highest BCUT2D eigenvalue weighted by atomic mass is 16.5. The maximum absolute atomic E-state index is 13.2. The fourth-order valence-electron chi connectivity index (χ4n) is 4.17. The summed E-state index contributed by atoms with van der Waals surface area (Å²) in [5, 5.41) is 3.91. The minimum atomic E-state index is -0.272. The standard InChI is InChI=1S/C25H29N3O4/c1-16-11-17(2)22-13-18(24(29)27-23(22)12-16)14-28(15-21-5-4-10-32-21)25(30)26-19-6-8-20(31-3)9-7-19/h6-9,11-13,21H,4-5,10,14-15H2,1-3H3,(H,26,30)(H,27,29)/t21-/m0/s1. The summed E-state index contributed by atoms with van der Waals surface area (Å²) in [5.74, 6) is 0.715. The number of aryl methyl sites for hydroxylation is 2. The van der Waals surface area contributed by atoms with Crippen LogP contribution < -0.4 is 15.6 Å². The van der Waals surface area contributed by atoms with Crippen molar-refractivity contribution in [1.29, 1.82) is 0 Å². The molecule has 2 amide bonds. The van der Waals surface area contributed by atoms with E-state index in [1.165, 1.54) is 0 Å². The van der Waals surface area contributed by atoms with E-state index in [-0.39, 0.29) is 24.2 Å². The Kier molecular flexibility index (Phi) is 6.46. The normalized spacial score (nSPS) is 15.7. The molecule has 1 aromatic heterocycles. The Labute approximate surface area is 187 Å². The maximum atomic E-state index is 13.2. The minimum Gasteiger partial charge on any atom is -0.497 e.